The van der Waals surface area contributed by atoms with Crippen molar-refractivity contribution in [2.45, 2.75) is 33.4 Å². The van der Waals surface area contributed by atoms with E-state index in [4.69, 9.17) is 0 Å². The van der Waals surface area contributed by atoms with E-state index >= 15 is 0 Å². The van der Waals surface area contributed by atoms with Crippen LogP contribution in [0.1, 0.15) is 26.3 Å². The van der Waals surface area contributed by atoms with Gasteiger partial charge in [-0.1, -0.05) is 30.3 Å². The second kappa shape index (κ2) is 11.8. The third-order valence-electron chi connectivity index (χ3n) is 2.82. The Morgan fingerprint density at radius 3 is 2.48 bits per heavy atom. The molecule has 0 unspecified atom stereocenters. The first-order chi connectivity index (χ1) is 9.61. The number of halogens is 1. The van der Waals surface area contributed by atoms with Crippen molar-refractivity contribution in [3.05, 3.63) is 35.9 Å². The maximum absolute atomic E-state index is 4.59. The van der Waals surface area contributed by atoms with Crippen LogP contribution in [0.25, 0.3) is 0 Å². The Hall–Kier alpha value is -0.820. The van der Waals surface area contributed by atoms with Crippen LogP contribution in [0.2, 0.25) is 0 Å². The molecule has 0 aliphatic rings. The summed E-state index contributed by atoms with van der Waals surface area (Å²) in [5, 5.41) is 6.58. The topological polar surface area (TPSA) is 39.7 Å². The molecule has 0 bridgehead atoms. The van der Waals surface area contributed by atoms with E-state index in [1.54, 1.807) is 0 Å². The van der Waals surface area contributed by atoms with Gasteiger partial charge in [-0.25, -0.2) is 0 Å². The first-order valence-electron chi connectivity index (χ1n) is 7.39. The molecule has 0 saturated carbocycles. The number of guanidine groups is 1. The summed E-state index contributed by atoms with van der Waals surface area (Å²) in [4.78, 5) is 6.88. The molecule has 1 rings (SSSR count). The first-order valence-corrected chi connectivity index (χ1v) is 7.39. The highest BCUT2D eigenvalue weighted by molar-refractivity contribution is 14.0. The lowest BCUT2D eigenvalue weighted by Crippen LogP contribution is -2.41. The first kappa shape index (κ1) is 20.2. The number of benzene rings is 1. The Morgan fingerprint density at radius 2 is 1.90 bits per heavy atom. The van der Waals surface area contributed by atoms with Crippen LogP contribution in [0.15, 0.2) is 35.3 Å². The quantitative estimate of drug-likeness (QED) is 0.417. The van der Waals surface area contributed by atoms with Crippen molar-refractivity contribution >= 4 is 29.9 Å². The van der Waals surface area contributed by atoms with Gasteiger partial charge in [0.05, 0.1) is 6.54 Å². The molecule has 21 heavy (non-hydrogen) atoms. The monoisotopic (exact) mass is 404 g/mol. The van der Waals surface area contributed by atoms with Crippen LogP contribution in [0, 0.1) is 0 Å². The normalized spacial score (nSPS) is 11.4. The van der Waals surface area contributed by atoms with Gasteiger partial charge in [0.25, 0.3) is 0 Å². The summed E-state index contributed by atoms with van der Waals surface area (Å²) in [6, 6.07) is 10.9. The van der Waals surface area contributed by atoms with Crippen LogP contribution in [0.5, 0.6) is 0 Å². The maximum atomic E-state index is 4.59. The summed E-state index contributed by atoms with van der Waals surface area (Å²) in [5.41, 5.74) is 1.34. The molecule has 0 atom stereocenters. The number of aliphatic imine (C=N–C) groups is 1. The van der Waals surface area contributed by atoms with Crippen LogP contribution in [0.3, 0.4) is 0 Å². The van der Waals surface area contributed by atoms with Crippen molar-refractivity contribution in [2.24, 2.45) is 4.99 Å². The predicted molar refractivity (Wildman–Crippen MR) is 102 cm³/mol. The van der Waals surface area contributed by atoms with Crippen LogP contribution in [0.4, 0.5) is 0 Å². The second-order valence-electron chi connectivity index (χ2n) is 5.28. The molecule has 120 valence electrons. The number of rotatable bonds is 7. The van der Waals surface area contributed by atoms with Gasteiger partial charge < -0.3 is 15.5 Å². The van der Waals surface area contributed by atoms with Crippen molar-refractivity contribution in [3.8, 4) is 0 Å². The largest absolute Gasteiger partial charge is 0.357 e. The highest BCUT2D eigenvalue weighted by Gasteiger charge is 2.01. The smallest absolute Gasteiger partial charge is 0.191 e. The number of hydrogen-bond donors (Lipinski definition) is 2. The third kappa shape index (κ3) is 9.68. The fourth-order valence-corrected chi connectivity index (χ4v) is 1.90. The van der Waals surface area contributed by atoms with E-state index in [0.29, 0.717) is 6.04 Å². The molecule has 0 radical (unpaired) electrons. The molecule has 1 aromatic rings. The standard InChI is InChI=1S/C16H28N4.HI/c1-5-17-16(19-14(2)3)18-11-12-20(4)13-15-9-7-6-8-10-15;/h6-10,14H,5,11-13H2,1-4H3,(H2,17,18,19);1H. The SMILES string of the molecule is CCNC(=NCCN(C)Cc1ccccc1)NC(C)C.I. The van der Waals surface area contributed by atoms with Gasteiger partial charge in [0.2, 0.25) is 0 Å². The van der Waals surface area contributed by atoms with Gasteiger partial charge in [0.15, 0.2) is 5.96 Å². The van der Waals surface area contributed by atoms with Crippen LogP contribution < -0.4 is 10.6 Å². The summed E-state index contributed by atoms with van der Waals surface area (Å²) >= 11 is 0. The van der Waals surface area contributed by atoms with Crippen molar-refractivity contribution in [3.63, 3.8) is 0 Å². The molecular formula is C16H29IN4. The Bertz CT molecular complexity index is 393. The van der Waals surface area contributed by atoms with Crippen molar-refractivity contribution in [2.75, 3.05) is 26.7 Å². The average molecular weight is 404 g/mol. The van der Waals surface area contributed by atoms with E-state index in [9.17, 15) is 0 Å². The molecule has 4 nitrogen and oxygen atoms in total. The van der Waals surface area contributed by atoms with Gasteiger partial charge in [-0.05, 0) is 33.4 Å². The Kier molecular flexibility index (Phi) is 11.3. The minimum absolute atomic E-state index is 0. The van der Waals surface area contributed by atoms with Gasteiger partial charge >= 0.3 is 0 Å². The summed E-state index contributed by atoms with van der Waals surface area (Å²) < 4.78 is 0. The van der Waals surface area contributed by atoms with Gasteiger partial charge in [-0.15, -0.1) is 24.0 Å². The van der Waals surface area contributed by atoms with Gasteiger partial charge in [-0.3, -0.25) is 4.99 Å². The number of nitrogens with zero attached hydrogens (tertiary/aromatic N) is 2. The minimum Gasteiger partial charge on any atom is -0.357 e. The van der Waals surface area contributed by atoms with E-state index in [0.717, 1.165) is 32.1 Å². The lowest BCUT2D eigenvalue weighted by molar-refractivity contribution is 0.336. The fraction of sp³-hybridized carbons (Fsp3) is 0.562. The molecule has 0 aliphatic carbocycles. The highest BCUT2D eigenvalue weighted by atomic mass is 127. The van der Waals surface area contributed by atoms with Gasteiger partial charge in [0.1, 0.15) is 0 Å². The van der Waals surface area contributed by atoms with Crippen molar-refractivity contribution < 1.29 is 0 Å². The lowest BCUT2D eigenvalue weighted by Gasteiger charge is -2.17. The van der Waals surface area contributed by atoms with E-state index in [-0.39, 0.29) is 24.0 Å². The Labute approximate surface area is 146 Å². The lowest BCUT2D eigenvalue weighted by atomic mass is 10.2. The Balaban J connectivity index is 0.00000400. The highest BCUT2D eigenvalue weighted by Crippen LogP contribution is 2.01. The molecule has 0 fully saturated rings. The van der Waals surface area contributed by atoms with Crippen molar-refractivity contribution in [1.29, 1.82) is 0 Å². The molecule has 2 N–H and O–H groups in total. The molecule has 0 aliphatic heterocycles. The molecule has 0 spiro atoms. The van der Waals surface area contributed by atoms with Crippen molar-refractivity contribution in [1.82, 2.24) is 15.5 Å². The zero-order valence-corrected chi connectivity index (χ0v) is 15.9. The summed E-state index contributed by atoms with van der Waals surface area (Å²) in [6.45, 7) is 9.92. The van der Waals surface area contributed by atoms with Gasteiger partial charge in [0, 0.05) is 25.7 Å². The van der Waals surface area contributed by atoms with Crippen LogP contribution in [-0.2, 0) is 6.54 Å². The molecular weight excluding hydrogens is 375 g/mol. The molecule has 0 heterocycles. The predicted octanol–water partition coefficient (Wildman–Crippen LogP) is 2.70. The molecule has 5 heteroatoms. The summed E-state index contributed by atoms with van der Waals surface area (Å²) in [5.74, 6) is 0.899. The molecule has 0 amide bonds. The molecule has 0 aromatic heterocycles. The number of likely N-dealkylation sites (N-methyl/N-ethyl adjacent to an activating group) is 1. The van der Waals surface area contributed by atoms with E-state index < -0.39 is 0 Å². The zero-order chi connectivity index (χ0) is 14.8. The van der Waals surface area contributed by atoms with Gasteiger partial charge in [-0.2, -0.15) is 0 Å². The van der Waals surface area contributed by atoms with Crippen LogP contribution >= 0.6 is 24.0 Å². The zero-order valence-electron chi connectivity index (χ0n) is 13.6. The van der Waals surface area contributed by atoms with E-state index in [1.807, 2.05) is 6.07 Å². The van der Waals surface area contributed by atoms with E-state index in [1.165, 1.54) is 5.56 Å². The number of nitrogens with one attached hydrogen (secondary N) is 2. The Morgan fingerprint density at radius 1 is 1.24 bits per heavy atom. The third-order valence-corrected chi connectivity index (χ3v) is 2.82. The number of hydrogen-bond acceptors (Lipinski definition) is 2. The van der Waals surface area contributed by atoms with E-state index in [2.05, 4.69) is 72.6 Å². The fourth-order valence-electron chi connectivity index (χ4n) is 1.90. The second-order valence-corrected chi connectivity index (χ2v) is 5.28. The van der Waals surface area contributed by atoms with Crippen LogP contribution in [-0.4, -0.2) is 43.6 Å². The summed E-state index contributed by atoms with van der Waals surface area (Å²) in [6.07, 6.45) is 0. The summed E-state index contributed by atoms with van der Waals surface area (Å²) in [7, 11) is 2.13. The molecule has 0 saturated heterocycles. The maximum Gasteiger partial charge on any atom is 0.191 e. The minimum atomic E-state index is 0. The average Bonchev–Trinajstić information content (AvgIpc) is 2.39. The molecule has 1 aromatic carbocycles.